The first kappa shape index (κ1) is 12.6. The maximum absolute atomic E-state index is 12.6. The van der Waals surface area contributed by atoms with Gasteiger partial charge in [-0.15, -0.1) is 11.6 Å². The van der Waals surface area contributed by atoms with Crippen LogP contribution in [-0.4, -0.2) is 17.0 Å². The summed E-state index contributed by atoms with van der Waals surface area (Å²) in [6, 6.07) is 0.962. The van der Waals surface area contributed by atoms with Crippen LogP contribution in [0.15, 0.2) is 6.07 Å². The number of hydrogen-bond acceptors (Lipinski definition) is 4. The van der Waals surface area contributed by atoms with Crippen molar-refractivity contribution in [3.05, 3.63) is 27.4 Å². The Morgan fingerprint density at radius 1 is 1.69 bits per heavy atom. The van der Waals surface area contributed by atoms with Gasteiger partial charge >= 0.3 is 0 Å². The van der Waals surface area contributed by atoms with E-state index in [2.05, 4.69) is 9.72 Å². The lowest BCUT2D eigenvalue weighted by molar-refractivity contribution is -0.385. The van der Waals surface area contributed by atoms with Crippen LogP contribution in [0.25, 0.3) is 0 Å². The second-order valence-electron chi connectivity index (χ2n) is 2.74. The average molecular weight is 253 g/mol. The van der Waals surface area contributed by atoms with E-state index >= 15 is 0 Å². The average Bonchev–Trinajstić information content (AvgIpc) is 2.26. The van der Waals surface area contributed by atoms with Crippen LogP contribution < -0.4 is 4.74 Å². The third-order valence-corrected chi connectivity index (χ3v) is 2.12. The van der Waals surface area contributed by atoms with E-state index in [9.17, 15) is 18.9 Å². The number of methoxy groups -OCH3 is 1. The van der Waals surface area contributed by atoms with Crippen LogP contribution in [0.2, 0.25) is 0 Å². The molecule has 0 amide bonds. The first-order valence-corrected chi connectivity index (χ1v) is 4.61. The van der Waals surface area contributed by atoms with Crippen LogP contribution in [0.5, 0.6) is 5.88 Å². The van der Waals surface area contributed by atoms with Crippen molar-refractivity contribution in [1.82, 2.24) is 4.98 Å². The molecule has 0 aromatic carbocycles. The van der Waals surface area contributed by atoms with Crippen LogP contribution in [0.1, 0.15) is 17.7 Å². The van der Waals surface area contributed by atoms with Crippen molar-refractivity contribution in [2.45, 2.75) is 12.3 Å². The zero-order chi connectivity index (χ0) is 12.3. The fourth-order valence-electron chi connectivity index (χ4n) is 1.14. The predicted octanol–water partition coefficient (Wildman–Crippen LogP) is 2.67. The van der Waals surface area contributed by atoms with Crippen molar-refractivity contribution in [2.24, 2.45) is 0 Å². The summed E-state index contributed by atoms with van der Waals surface area (Å²) in [5.74, 6) is -0.650. The summed E-state index contributed by atoms with van der Waals surface area (Å²) >= 11 is 5.40. The van der Waals surface area contributed by atoms with Crippen LogP contribution in [0, 0.1) is 10.1 Å². The van der Waals surface area contributed by atoms with Gasteiger partial charge in [0.25, 0.3) is 12.1 Å². The summed E-state index contributed by atoms with van der Waals surface area (Å²) in [6.07, 6.45) is -2.94. The molecule has 0 unspecified atom stereocenters. The molecule has 0 aliphatic heterocycles. The van der Waals surface area contributed by atoms with Gasteiger partial charge in [0.1, 0.15) is 5.69 Å². The number of ether oxygens (including phenoxy) is 1. The van der Waals surface area contributed by atoms with E-state index in [-0.39, 0.29) is 11.4 Å². The minimum Gasteiger partial charge on any atom is -0.481 e. The fourth-order valence-corrected chi connectivity index (χ4v) is 1.41. The molecule has 0 spiro atoms. The second kappa shape index (κ2) is 5.02. The molecule has 0 radical (unpaired) electrons. The zero-order valence-electron chi connectivity index (χ0n) is 8.11. The highest BCUT2D eigenvalue weighted by Gasteiger charge is 2.25. The van der Waals surface area contributed by atoms with Crippen LogP contribution in [0.4, 0.5) is 14.5 Å². The van der Waals surface area contributed by atoms with E-state index in [1.54, 1.807) is 0 Å². The van der Waals surface area contributed by atoms with Gasteiger partial charge in [-0.05, 0) is 0 Å². The molecular weight excluding hydrogens is 246 g/mol. The van der Waals surface area contributed by atoms with Gasteiger partial charge in [0.05, 0.1) is 29.5 Å². The zero-order valence-corrected chi connectivity index (χ0v) is 8.87. The molecule has 0 atom stereocenters. The molecule has 0 aliphatic carbocycles. The minimum absolute atomic E-state index is 0.240. The molecule has 0 bridgehead atoms. The fraction of sp³-hybridized carbons (Fsp3) is 0.375. The van der Waals surface area contributed by atoms with Gasteiger partial charge in [0.15, 0.2) is 0 Å². The largest absolute Gasteiger partial charge is 0.481 e. The standard InChI is InChI=1S/C8H7ClF2N2O3/c1-16-6-2-5(13(14)15)4(3-9)7(12-6)8(10)11/h2,8H,3H2,1H3. The monoisotopic (exact) mass is 252 g/mol. The molecule has 1 rings (SSSR count). The number of nitrogens with zero attached hydrogens (tertiary/aromatic N) is 2. The number of pyridine rings is 1. The molecule has 0 aliphatic rings. The van der Waals surface area contributed by atoms with Gasteiger partial charge in [-0.1, -0.05) is 0 Å². The lowest BCUT2D eigenvalue weighted by Crippen LogP contribution is -2.04. The van der Waals surface area contributed by atoms with Gasteiger partial charge in [0, 0.05) is 0 Å². The molecule has 1 aromatic heterocycles. The molecule has 0 saturated carbocycles. The molecule has 0 saturated heterocycles. The Bertz CT molecular complexity index is 415. The number of aromatic nitrogens is 1. The summed E-state index contributed by atoms with van der Waals surface area (Å²) < 4.78 is 29.8. The molecule has 1 aromatic rings. The smallest absolute Gasteiger partial charge is 0.281 e. The van der Waals surface area contributed by atoms with Gasteiger partial charge < -0.3 is 4.74 Å². The number of hydrogen-bond donors (Lipinski definition) is 0. The lowest BCUT2D eigenvalue weighted by atomic mass is 10.2. The Kier molecular flexibility index (Phi) is 3.94. The van der Waals surface area contributed by atoms with Crippen LogP contribution >= 0.6 is 11.6 Å². The van der Waals surface area contributed by atoms with E-state index in [0.29, 0.717) is 0 Å². The Morgan fingerprint density at radius 3 is 2.69 bits per heavy atom. The Morgan fingerprint density at radius 2 is 2.31 bits per heavy atom. The van der Waals surface area contributed by atoms with Crippen molar-refractivity contribution >= 4 is 17.3 Å². The predicted molar refractivity (Wildman–Crippen MR) is 52.0 cm³/mol. The molecule has 16 heavy (non-hydrogen) atoms. The molecule has 8 heteroatoms. The van der Waals surface area contributed by atoms with E-state index in [0.717, 1.165) is 6.07 Å². The third kappa shape index (κ3) is 2.35. The summed E-state index contributed by atoms with van der Waals surface area (Å²) in [7, 11) is 1.18. The van der Waals surface area contributed by atoms with Crippen molar-refractivity contribution in [3.63, 3.8) is 0 Å². The van der Waals surface area contributed by atoms with E-state index in [1.807, 2.05) is 0 Å². The number of halogens is 3. The normalized spacial score (nSPS) is 10.6. The van der Waals surface area contributed by atoms with Gasteiger partial charge in [-0.2, -0.15) is 0 Å². The van der Waals surface area contributed by atoms with E-state index in [4.69, 9.17) is 11.6 Å². The topological polar surface area (TPSA) is 65.3 Å². The summed E-state index contributed by atoms with van der Waals surface area (Å²) in [6.45, 7) is 0. The Balaban J connectivity index is 3.46. The van der Waals surface area contributed by atoms with Gasteiger partial charge in [0.2, 0.25) is 5.88 Å². The minimum atomic E-state index is -2.94. The maximum atomic E-state index is 12.6. The molecule has 0 fully saturated rings. The van der Waals surface area contributed by atoms with Crippen LogP contribution in [0.3, 0.4) is 0 Å². The third-order valence-electron chi connectivity index (χ3n) is 1.86. The maximum Gasteiger partial charge on any atom is 0.281 e. The lowest BCUT2D eigenvalue weighted by Gasteiger charge is -2.08. The second-order valence-corrected chi connectivity index (χ2v) is 3.01. The number of rotatable bonds is 4. The van der Waals surface area contributed by atoms with Crippen molar-refractivity contribution < 1.29 is 18.4 Å². The van der Waals surface area contributed by atoms with Gasteiger partial charge in [-0.3, -0.25) is 10.1 Å². The number of nitro groups is 1. The molecular formula is C8H7ClF2N2O3. The first-order valence-electron chi connectivity index (χ1n) is 4.07. The number of alkyl halides is 3. The molecule has 88 valence electrons. The van der Waals surface area contributed by atoms with Crippen molar-refractivity contribution in [2.75, 3.05) is 7.11 Å². The van der Waals surface area contributed by atoms with E-state index in [1.165, 1.54) is 7.11 Å². The molecule has 5 nitrogen and oxygen atoms in total. The highest BCUT2D eigenvalue weighted by atomic mass is 35.5. The highest BCUT2D eigenvalue weighted by Crippen LogP contribution is 2.32. The quantitative estimate of drug-likeness (QED) is 0.469. The highest BCUT2D eigenvalue weighted by molar-refractivity contribution is 6.17. The molecule has 1 heterocycles. The first-order chi connectivity index (χ1) is 7.51. The van der Waals surface area contributed by atoms with E-state index < -0.39 is 28.6 Å². The SMILES string of the molecule is COc1cc([N+](=O)[O-])c(CCl)c(C(F)F)n1. The van der Waals surface area contributed by atoms with Gasteiger partial charge in [-0.25, -0.2) is 13.8 Å². The van der Waals surface area contributed by atoms with Crippen LogP contribution in [-0.2, 0) is 5.88 Å². The molecule has 0 N–H and O–H groups in total. The van der Waals surface area contributed by atoms with Crippen molar-refractivity contribution in [3.8, 4) is 5.88 Å². The summed E-state index contributed by atoms with van der Waals surface area (Å²) in [5, 5.41) is 10.6. The van der Waals surface area contributed by atoms with Crippen molar-refractivity contribution in [1.29, 1.82) is 0 Å². The Labute approximate surface area is 94.1 Å². The summed E-state index contributed by atoms with van der Waals surface area (Å²) in [5.41, 5.74) is -1.53. The Hall–Kier alpha value is -1.50. The summed E-state index contributed by atoms with van der Waals surface area (Å²) in [4.78, 5) is 13.3.